The number of nitrogens with two attached hydrogens (primary N) is 1. The van der Waals surface area contributed by atoms with E-state index >= 15 is 0 Å². The van der Waals surface area contributed by atoms with Gasteiger partial charge >= 0.3 is 0 Å². The molecule has 62 valence electrons. The summed E-state index contributed by atoms with van der Waals surface area (Å²) in [5.41, 5.74) is 5.87. The Kier molecular flexibility index (Phi) is 2.06. The minimum atomic E-state index is -0.239. The molecule has 1 atom stereocenters. The van der Waals surface area contributed by atoms with E-state index in [1.54, 1.807) is 14.0 Å². The number of hydrogen-bond acceptors (Lipinski definition) is 2. The Balaban J connectivity index is 3.30. The van der Waals surface area contributed by atoms with Gasteiger partial charge in [0.15, 0.2) is 0 Å². The van der Waals surface area contributed by atoms with Gasteiger partial charge in [-0.25, -0.2) is 0 Å². The minimum absolute atomic E-state index is 0.183. The molecule has 1 aromatic rings. The second-order valence-corrected chi connectivity index (χ2v) is 2.87. The van der Waals surface area contributed by atoms with E-state index in [0.29, 0.717) is 5.69 Å². The van der Waals surface area contributed by atoms with E-state index in [2.05, 4.69) is 5.10 Å². The molecule has 0 aliphatic carbocycles. The highest BCUT2D eigenvalue weighted by molar-refractivity contribution is 6.31. The molecule has 1 heterocycles. The van der Waals surface area contributed by atoms with Crippen LogP contribution in [0.2, 0.25) is 5.02 Å². The van der Waals surface area contributed by atoms with Crippen molar-refractivity contribution >= 4 is 11.6 Å². The van der Waals surface area contributed by atoms with Crippen LogP contribution in [0, 0.1) is 0 Å². The number of nitrogens with zero attached hydrogens (tertiary/aromatic N) is 1. The van der Waals surface area contributed by atoms with Crippen molar-refractivity contribution in [2.24, 2.45) is 12.8 Å². The molecular weight excluding hydrogens is 166 g/mol. The summed E-state index contributed by atoms with van der Waals surface area (Å²) >= 11 is 5.66. The van der Waals surface area contributed by atoms with Crippen molar-refractivity contribution in [3.63, 3.8) is 0 Å². The summed E-state index contributed by atoms with van der Waals surface area (Å²) in [4.78, 5) is 11.0. The van der Waals surface area contributed by atoms with Crippen molar-refractivity contribution in [1.82, 2.24) is 9.78 Å². The standard InChI is InChI=1S/C6H10ClN3O/c1-3(8)5-4(7)6(11)10(2)9-5/h3,9H,8H2,1-2H3/t3-/m0/s1. The molecule has 11 heavy (non-hydrogen) atoms. The van der Waals surface area contributed by atoms with E-state index < -0.39 is 0 Å². The van der Waals surface area contributed by atoms with Crippen LogP contribution in [0.15, 0.2) is 4.79 Å². The van der Waals surface area contributed by atoms with Crippen molar-refractivity contribution in [3.05, 3.63) is 21.1 Å². The first-order valence-corrected chi connectivity index (χ1v) is 3.61. The minimum Gasteiger partial charge on any atom is -0.323 e. The lowest BCUT2D eigenvalue weighted by molar-refractivity contribution is 0.687. The lowest BCUT2D eigenvalue weighted by Gasteiger charge is -1.99. The van der Waals surface area contributed by atoms with Gasteiger partial charge in [-0.1, -0.05) is 11.6 Å². The summed E-state index contributed by atoms with van der Waals surface area (Å²) in [5, 5.41) is 2.94. The van der Waals surface area contributed by atoms with E-state index in [4.69, 9.17) is 17.3 Å². The Morgan fingerprint density at radius 1 is 1.73 bits per heavy atom. The second-order valence-electron chi connectivity index (χ2n) is 2.49. The van der Waals surface area contributed by atoms with Gasteiger partial charge in [0.05, 0.1) is 5.69 Å². The normalized spacial score (nSPS) is 13.5. The summed E-state index contributed by atoms with van der Waals surface area (Å²) in [6.45, 7) is 1.76. The molecule has 0 saturated heterocycles. The van der Waals surface area contributed by atoms with Crippen molar-refractivity contribution in [2.45, 2.75) is 13.0 Å². The van der Waals surface area contributed by atoms with E-state index in [9.17, 15) is 4.79 Å². The van der Waals surface area contributed by atoms with Crippen LogP contribution in [0.1, 0.15) is 18.7 Å². The zero-order chi connectivity index (χ0) is 8.59. The quantitative estimate of drug-likeness (QED) is 0.649. The fourth-order valence-corrected chi connectivity index (χ4v) is 1.19. The van der Waals surface area contributed by atoms with Crippen molar-refractivity contribution in [2.75, 3.05) is 0 Å². The third-order valence-corrected chi connectivity index (χ3v) is 1.84. The smallest absolute Gasteiger partial charge is 0.285 e. The molecule has 1 rings (SSSR count). The Morgan fingerprint density at radius 2 is 2.27 bits per heavy atom. The highest BCUT2D eigenvalue weighted by Crippen LogP contribution is 2.13. The van der Waals surface area contributed by atoms with Crippen molar-refractivity contribution in [1.29, 1.82) is 0 Å². The number of H-pyrrole nitrogens is 1. The maximum atomic E-state index is 11.0. The molecule has 0 saturated carbocycles. The highest BCUT2D eigenvalue weighted by atomic mass is 35.5. The molecular formula is C6H10ClN3O. The number of rotatable bonds is 1. The van der Waals surface area contributed by atoms with Crippen molar-refractivity contribution < 1.29 is 0 Å². The average Bonchev–Trinajstić information content (AvgIpc) is 2.17. The SMILES string of the molecule is C[C@H](N)c1[nH]n(C)c(=O)c1Cl. The topological polar surface area (TPSA) is 63.8 Å². The summed E-state index contributed by atoms with van der Waals surface area (Å²) < 4.78 is 1.31. The van der Waals surface area contributed by atoms with Gasteiger partial charge in [0.1, 0.15) is 5.02 Å². The van der Waals surface area contributed by atoms with Gasteiger partial charge in [0, 0.05) is 13.1 Å². The predicted molar refractivity (Wildman–Crippen MR) is 43.6 cm³/mol. The average molecular weight is 176 g/mol. The third kappa shape index (κ3) is 1.32. The summed E-state index contributed by atoms with van der Waals surface area (Å²) in [6, 6.07) is -0.239. The van der Waals surface area contributed by atoms with Gasteiger partial charge in [-0.3, -0.25) is 14.6 Å². The molecule has 0 aromatic carbocycles. The van der Waals surface area contributed by atoms with Crippen molar-refractivity contribution in [3.8, 4) is 0 Å². The molecule has 0 unspecified atom stereocenters. The number of aryl methyl sites for hydroxylation is 1. The predicted octanol–water partition coefficient (Wildman–Crippen LogP) is 0.387. The van der Waals surface area contributed by atoms with Crippen LogP contribution in [0.3, 0.4) is 0 Å². The van der Waals surface area contributed by atoms with E-state index in [0.717, 1.165) is 0 Å². The van der Waals surface area contributed by atoms with Gasteiger partial charge in [0.2, 0.25) is 0 Å². The fraction of sp³-hybridized carbons (Fsp3) is 0.500. The van der Waals surface area contributed by atoms with Crippen LogP contribution in [0.4, 0.5) is 0 Å². The zero-order valence-corrected chi connectivity index (χ0v) is 7.14. The van der Waals surface area contributed by atoms with E-state index in [1.807, 2.05) is 0 Å². The lowest BCUT2D eigenvalue weighted by atomic mass is 10.3. The van der Waals surface area contributed by atoms with Crippen LogP contribution in [0.5, 0.6) is 0 Å². The first-order valence-electron chi connectivity index (χ1n) is 3.24. The molecule has 4 nitrogen and oxygen atoms in total. The monoisotopic (exact) mass is 175 g/mol. The molecule has 1 aromatic heterocycles. The Bertz CT molecular complexity index is 312. The molecule has 3 N–H and O–H groups in total. The molecule has 0 radical (unpaired) electrons. The van der Waals surface area contributed by atoms with Gasteiger partial charge in [-0.05, 0) is 6.92 Å². The Labute approximate surface area is 68.9 Å². The molecule has 0 spiro atoms. The van der Waals surface area contributed by atoms with Crippen LogP contribution >= 0.6 is 11.6 Å². The first kappa shape index (κ1) is 8.36. The number of hydrogen-bond donors (Lipinski definition) is 2. The molecule has 0 amide bonds. The van der Waals surface area contributed by atoms with Crippen LogP contribution < -0.4 is 11.3 Å². The van der Waals surface area contributed by atoms with E-state index in [-0.39, 0.29) is 16.6 Å². The van der Waals surface area contributed by atoms with Crippen LogP contribution in [0.25, 0.3) is 0 Å². The molecule has 0 aliphatic heterocycles. The first-order chi connectivity index (χ1) is 5.04. The largest absolute Gasteiger partial charge is 0.323 e. The van der Waals surface area contributed by atoms with E-state index in [1.165, 1.54) is 4.68 Å². The maximum Gasteiger partial charge on any atom is 0.285 e. The van der Waals surface area contributed by atoms with Gasteiger partial charge < -0.3 is 5.73 Å². The maximum absolute atomic E-state index is 11.0. The lowest BCUT2D eigenvalue weighted by Crippen LogP contribution is -2.11. The number of aromatic nitrogens is 2. The highest BCUT2D eigenvalue weighted by Gasteiger charge is 2.12. The second kappa shape index (κ2) is 2.71. The fourth-order valence-electron chi connectivity index (χ4n) is 0.845. The molecule has 5 heteroatoms. The Hall–Kier alpha value is -0.740. The van der Waals surface area contributed by atoms with Gasteiger partial charge in [-0.15, -0.1) is 0 Å². The summed E-state index contributed by atoms with van der Waals surface area (Å²) in [5.74, 6) is 0. The molecule has 0 fully saturated rings. The van der Waals surface area contributed by atoms with Gasteiger partial charge in [-0.2, -0.15) is 0 Å². The Morgan fingerprint density at radius 3 is 2.45 bits per heavy atom. The molecule has 0 aliphatic rings. The summed E-state index contributed by atoms with van der Waals surface area (Å²) in [7, 11) is 1.60. The number of halogens is 1. The number of aromatic amines is 1. The van der Waals surface area contributed by atoms with Crippen LogP contribution in [-0.2, 0) is 7.05 Å². The van der Waals surface area contributed by atoms with Gasteiger partial charge in [0.25, 0.3) is 5.56 Å². The zero-order valence-electron chi connectivity index (χ0n) is 6.39. The number of nitrogens with one attached hydrogen (secondary N) is 1. The summed E-state index contributed by atoms with van der Waals surface area (Å²) in [6.07, 6.45) is 0. The van der Waals surface area contributed by atoms with Crippen LogP contribution in [-0.4, -0.2) is 9.78 Å². The molecule has 0 bridgehead atoms. The third-order valence-electron chi connectivity index (χ3n) is 1.47.